The standard InChI is InChI=1S/C10H10BrClO2/c11-4-3-8-6-13-9-2-1-7(12)5-10(9)14-8/h1-2,5,8H,3-4,6H2. The van der Waals surface area contributed by atoms with Crippen molar-refractivity contribution in [1.29, 1.82) is 0 Å². The minimum absolute atomic E-state index is 0.125. The Morgan fingerprint density at radius 1 is 1.43 bits per heavy atom. The maximum atomic E-state index is 5.86. The van der Waals surface area contributed by atoms with Crippen LogP contribution in [0, 0.1) is 0 Å². The quantitative estimate of drug-likeness (QED) is 0.773. The molecule has 2 nitrogen and oxygen atoms in total. The Morgan fingerprint density at radius 2 is 2.29 bits per heavy atom. The van der Waals surface area contributed by atoms with Crippen LogP contribution in [0.3, 0.4) is 0 Å². The summed E-state index contributed by atoms with van der Waals surface area (Å²) >= 11 is 9.23. The molecule has 1 aliphatic heterocycles. The Labute approximate surface area is 96.3 Å². The molecule has 0 aliphatic carbocycles. The monoisotopic (exact) mass is 276 g/mol. The lowest BCUT2D eigenvalue weighted by Gasteiger charge is -2.26. The van der Waals surface area contributed by atoms with E-state index in [0.717, 1.165) is 23.2 Å². The number of hydrogen-bond donors (Lipinski definition) is 0. The van der Waals surface area contributed by atoms with Crippen LogP contribution in [-0.2, 0) is 0 Å². The molecule has 1 aliphatic rings. The Hall–Kier alpha value is -0.410. The van der Waals surface area contributed by atoms with Gasteiger partial charge >= 0.3 is 0 Å². The third-order valence-corrected chi connectivity index (χ3v) is 2.75. The van der Waals surface area contributed by atoms with E-state index in [2.05, 4.69) is 15.9 Å². The van der Waals surface area contributed by atoms with Crippen molar-refractivity contribution in [3.63, 3.8) is 0 Å². The minimum atomic E-state index is 0.125. The van der Waals surface area contributed by atoms with Gasteiger partial charge in [0.15, 0.2) is 11.5 Å². The first kappa shape index (κ1) is 10.1. The molecule has 2 rings (SSSR count). The van der Waals surface area contributed by atoms with E-state index in [1.807, 2.05) is 6.07 Å². The second kappa shape index (κ2) is 4.41. The number of rotatable bonds is 2. The highest BCUT2D eigenvalue weighted by Gasteiger charge is 2.20. The highest BCUT2D eigenvalue weighted by molar-refractivity contribution is 9.09. The SMILES string of the molecule is Clc1ccc2c(c1)OC(CCBr)CO2. The molecule has 0 aromatic heterocycles. The van der Waals surface area contributed by atoms with E-state index in [-0.39, 0.29) is 6.10 Å². The van der Waals surface area contributed by atoms with Crippen molar-refractivity contribution in [3.05, 3.63) is 23.2 Å². The summed E-state index contributed by atoms with van der Waals surface area (Å²) in [5, 5.41) is 1.59. The van der Waals surface area contributed by atoms with Crippen LogP contribution in [0.1, 0.15) is 6.42 Å². The van der Waals surface area contributed by atoms with Crippen LogP contribution in [-0.4, -0.2) is 18.0 Å². The first-order chi connectivity index (χ1) is 6.79. The summed E-state index contributed by atoms with van der Waals surface area (Å²) in [6, 6.07) is 5.42. The first-order valence-electron chi connectivity index (χ1n) is 4.44. The molecule has 1 aromatic carbocycles. The second-order valence-electron chi connectivity index (χ2n) is 3.12. The summed E-state index contributed by atoms with van der Waals surface area (Å²) in [5.41, 5.74) is 0. The average molecular weight is 278 g/mol. The summed E-state index contributed by atoms with van der Waals surface area (Å²) in [4.78, 5) is 0. The van der Waals surface area contributed by atoms with Crippen LogP contribution >= 0.6 is 27.5 Å². The summed E-state index contributed by atoms with van der Waals surface area (Å²) in [7, 11) is 0. The van der Waals surface area contributed by atoms with E-state index >= 15 is 0 Å². The molecule has 76 valence electrons. The second-order valence-corrected chi connectivity index (χ2v) is 4.35. The molecule has 14 heavy (non-hydrogen) atoms. The number of ether oxygens (including phenoxy) is 2. The van der Waals surface area contributed by atoms with E-state index in [9.17, 15) is 0 Å². The smallest absolute Gasteiger partial charge is 0.163 e. The van der Waals surface area contributed by atoms with Gasteiger partial charge in [-0.05, 0) is 18.6 Å². The van der Waals surface area contributed by atoms with Crippen LogP contribution in [0.5, 0.6) is 11.5 Å². The van der Waals surface area contributed by atoms with Crippen LogP contribution < -0.4 is 9.47 Å². The van der Waals surface area contributed by atoms with Gasteiger partial charge in [0.25, 0.3) is 0 Å². The molecule has 1 aromatic rings. The lowest BCUT2D eigenvalue weighted by atomic mass is 10.2. The fraction of sp³-hybridized carbons (Fsp3) is 0.400. The summed E-state index contributed by atoms with van der Waals surface area (Å²) < 4.78 is 11.3. The van der Waals surface area contributed by atoms with Gasteiger partial charge < -0.3 is 9.47 Å². The van der Waals surface area contributed by atoms with Crippen molar-refractivity contribution in [2.24, 2.45) is 0 Å². The van der Waals surface area contributed by atoms with Crippen LogP contribution in [0.15, 0.2) is 18.2 Å². The van der Waals surface area contributed by atoms with Gasteiger partial charge in [0.2, 0.25) is 0 Å². The molecule has 0 amide bonds. The van der Waals surface area contributed by atoms with Crippen molar-refractivity contribution in [2.45, 2.75) is 12.5 Å². The molecule has 0 saturated heterocycles. The Kier molecular flexibility index (Phi) is 3.19. The highest BCUT2D eigenvalue weighted by atomic mass is 79.9. The predicted molar refractivity (Wildman–Crippen MR) is 59.8 cm³/mol. The molecule has 0 fully saturated rings. The van der Waals surface area contributed by atoms with Gasteiger partial charge in [-0.2, -0.15) is 0 Å². The average Bonchev–Trinajstić information content (AvgIpc) is 2.17. The summed E-state index contributed by atoms with van der Waals surface area (Å²) in [5.74, 6) is 1.52. The minimum Gasteiger partial charge on any atom is -0.486 e. The molecule has 1 heterocycles. The van der Waals surface area contributed by atoms with Crippen molar-refractivity contribution in [1.82, 2.24) is 0 Å². The zero-order valence-corrected chi connectivity index (χ0v) is 9.85. The third-order valence-electron chi connectivity index (χ3n) is 2.06. The molecule has 4 heteroatoms. The van der Waals surface area contributed by atoms with E-state index < -0.39 is 0 Å². The molecule has 0 bridgehead atoms. The lowest BCUT2D eigenvalue weighted by molar-refractivity contribution is 0.0895. The number of hydrogen-bond acceptors (Lipinski definition) is 2. The molecule has 0 radical (unpaired) electrons. The van der Waals surface area contributed by atoms with E-state index in [1.165, 1.54) is 0 Å². The topological polar surface area (TPSA) is 18.5 Å². The number of alkyl halides is 1. The predicted octanol–water partition coefficient (Wildman–Crippen LogP) is 3.26. The van der Waals surface area contributed by atoms with Gasteiger partial charge in [0.05, 0.1) is 0 Å². The summed E-state index contributed by atoms with van der Waals surface area (Å²) in [6.45, 7) is 0.611. The molecule has 0 spiro atoms. The van der Waals surface area contributed by atoms with Crippen molar-refractivity contribution < 1.29 is 9.47 Å². The molecular weight excluding hydrogens is 267 g/mol. The van der Waals surface area contributed by atoms with Gasteiger partial charge in [0, 0.05) is 16.4 Å². The molecular formula is C10H10BrClO2. The van der Waals surface area contributed by atoms with E-state index in [4.69, 9.17) is 21.1 Å². The van der Waals surface area contributed by atoms with Crippen LogP contribution in [0.4, 0.5) is 0 Å². The highest BCUT2D eigenvalue weighted by Crippen LogP contribution is 2.34. The number of benzene rings is 1. The zero-order chi connectivity index (χ0) is 9.97. The van der Waals surface area contributed by atoms with E-state index in [0.29, 0.717) is 11.6 Å². The molecule has 1 unspecified atom stereocenters. The number of fused-ring (bicyclic) bond motifs is 1. The van der Waals surface area contributed by atoms with Gasteiger partial charge in [-0.3, -0.25) is 0 Å². The Bertz CT molecular complexity index is 330. The maximum Gasteiger partial charge on any atom is 0.163 e. The van der Waals surface area contributed by atoms with E-state index in [1.54, 1.807) is 12.1 Å². The van der Waals surface area contributed by atoms with Crippen molar-refractivity contribution in [2.75, 3.05) is 11.9 Å². The normalized spacial score (nSPS) is 19.4. The largest absolute Gasteiger partial charge is 0.486 e. The lowest BCUT2D eigenvalue weighted by Crippen LogP contribution is -2.29. The molecule has 1 atom stereocenters. The van der Waals surface area contributed by atoms with Crippen molar-refractivity contribution in [3.8, 4) is 11.5 Å². The van der Waals surface area contributed by atoms with Gasteiger partial charge in [-0.15, -0.1) is 0 Å². The van der Waals surface area contributed by atoms with Gasteiger partial charge in [-0.25, -0.2) is 0 Å². The van der Waals surface area contributed by atoms with Gasteiger partial charge in [-0.1, -0.05) is 27.5 Å². The van der Waals surface area contributed by atoms with Crippen molar-refractivity contribution >= 4 is 27.5 Å². The molecule has 0 saturated carbocycles. The fourth-order valence-electron chi connectivity index (χ4n) is 1.35. The fourth-order valence-corrected chi connectivity index (χ4v) is 2.03. The molecule has 0 N–H and O–H groups in total. The summed E-state index contributed by atoms with van der Waals surface area (Å²) in [6.07, 6.45) is 1.06. The maximum absolute atomic E-state index is 5.86. The van der Waals surface area contributed by atoms with Crippen LogP contribution in [0.2, 0.25) is 5.02 Å². The van der Waals surface area contributed by atoms with Crippen LogP contribution in [0.25, 0.3) is 0 Å². The third kappa shape index (κ3) is 2.15. The Morgan fingerprint density at radius 3 is 3.07 bits per heavy atom. The Balaban J connectivity index is 2.16. The zero-order valence-electron chi connectivity index (χ0n) is 7.50. The van der Waals surface area contributed by atoms with Gasteiger partial charge in [0.1, 0.15) is 12.7 Å². The number of halogens is 2. The first-order valence-corrected chi connectivity index (χ1v) is 5.94.